The molecule has 102 valence electrons. The van der Waals surface area contributed by atoms with Gasteiger partial charge in [0, 0.05) is 31.2 Å². The molecule has 2 aromatic rings. The number of hydrogen-bond donors (Lipinski definition) is 1. The van der Waals surface area contributed by atoms with Crippen molar-refractivity contribution in [1.82, 2.24) is 14.8 Å². The first kappa shape index (κ1) is 13.9. The Labute approximate surface area is 118 Å². The van der Waals surface area contributed by atoms with E-state index >= 15 is 0 Å². The first-order valence-corrected chi connectivity index (χ1v) is 7.50. The van der Waals surface area contributed by atoms with E-state index in [-0.39, 0.29) is 0 Å². The number of thioether (sulfide) groups is 1. The van der Waals surface area contributed by atoms with E-state index in [1.54, 1.807) is 11.8 Å². The zero-order valence-electron chi connectivity index (χ0n) is 11.7. The van der Waals surface area contributed by atoms with Gasteiger partial charge in [0.15, 0.2) is 0 Å². The molecule has 0 amide bonds. The van der Waals surface area contributed by atoms with Crippen LogP contribution in [0.4, 0.5) is 5.69 Å². The number of nitrogens with one attached hydrogen (secondary N) is 1. The lowest BCUT2D eigenvalue weighted by Crippen LogP contribution is -2.00. The van der Waals surface area contributed by atoms with Crippen LogP contribution < -0.4 is 5.32 Å². The van der Waals surface area contributed by atoms with Gasteiger partial charge in [-0.15, -0.1) is 11.8 Å². The van der Waals surface area contributed by atoms with Crippen molar-refractivity contribution < 1.29 is 0 Å². The monoisotopic (exact) mass is 276 g/mol. The van der Waals surface area contributed by atoms with Crippen LogP contribution in [0.5, 0.6) is 0 Å². The van der Waals surface area contributed by atoms with Gasteiger partial charge in [-0.1, -0.05) is 6.92 Å². The Bertz CT molecular complexity index is 536. The molecule has 0 bridgehead atoms. The molecule has 4 nitrogen and oxygen atoms in total. The van der Waals surface area contributed by atoms with E-state index in [0.717, 1.165) is 35.8 Å². The number of nitrogens with zero attached hydrogens (tertiary/aromatic N) is 3. The van der Waals surface area contributed by atoms with Crippen molar-refractivity contribution in [3.8, 4) is 0 Å². The SMILES string of the molecule is CCCNc1ccnc(CSc2cc(C)nn2C)c1. The summed E-state index contributed by atoms with van der Waals surface area (Å²) in [5.41, 5.74) is 3.29. The van der Waals surface area contributed by atoms with Crippen molar-refractivity contribution in [2.24, 2.45) is 7.05 Å². The standard InChI is InChI=1S/C14H20N4S/c1-4-6-15-12-5-7-16-13(9-12)10-19-14-8-11(2)17-18(14)3/h5,7-9H,4,6,10H2,1-3H3,(H,15,16). The van der Waals surface area contributed by atoms with E-state index < -0.39 is 0 Å². The Balaban J connectivity index is 1.97. The number of aryl methyl sites for hydroxylation is 2. The van der Waals surface area contributed by atoms with Gasteiger partial charge in [0.25, 0.3) is 0 Å². The summed E-state index contributed by atoms with van der Waals surface area (Å²) in [6, 6.07) is 6.23. The fraction of sp³-hybridized carbons (Fsp3) is 0.429. The molecule has 0 aliphatic heterocycles. The largest absolute Gasteiger partial charge is 0.385 e. The number of rotatable bonds is 6. The summed E-state index contributed by atoms with van der Waals surface area (Å²) in [6.07, 6.45) is 2.99. The summed E-state index contributed by atoms with van der Waals surface area (Å²) in [7, 11) is 1.97. The van der Waals surface area contributed by atoms with E-state index in [1.165, 1.54) is 5.03 Å². The van der Waals surface area contributed by atoms with Crippen molar-refractivity contribution in [1.29, 1.82) is 0 Å². The van der Waals surface area contributed by atoms with Crippen LogP contribution in [0.25, 0.3) is 0 Å². The third-order valence-electron chi connectivity index (χ3n) is 2.72. The van der Waals surface area contributed by atoms with Crippen LogP contribution in [0.2, 0.25) is 0 Å². The fourth-order valence-electron chi connectivity index (χ4n) is 1.81. The molecule has 0 fully saturated rings. The average molecular weight is 276 g/mol. The van der Waals surface area contributed by atoms with Crippen LogP contribution in [-0.4, -0.2) is 21.3 Å². The highest BCUT2D eigenvalue weighted by atomic mass is 32.2. The van der Waals surface area contributed by atoms with E-state index in [1.807, 2.05) is 30.9 Å². The predicted molar refractivity (Wildman–Crippen MR) is 80.5 cm³/mol. The van der Waals surface area contributed by atoms with E-state index in [4.69, 9.17) is 0 Å². The minimum absolute atomic E-state index is 0.862. The predicted octanol–water partition coefficient (Wildman–Crippen LogP) is 3.24. The smallest absolute Gasteiger partial charge is 0.0943 e. The average Bonchev–Trinajstić information content (AvgIpc) is 2.73. The first-order chi connectivity index (χ1) is 9.19. The topological polar surface area (TPSA) is 42.7 Å². The maximum absolute atomic E-state index is 4.41. The van der Waals surface area contributed by atoms with Crippen molar-refractivity contribution in [2.75, 3.05) is 11.9 Å². The number of aromatic nitrogens is 3. The van der Waals surface area contributed by atoms with Crippen molar-refractivity contribution in [2.45, 2.75) is 31.0 Å². The first-order valence-electron chi connectivity index (χ1n) is 6.51. The van der Waals surface area contributed by atoms with Gasteiger partial charge in [0.05, 0.1) is 16.4 Å². The molecule has 0 aliphatic carbocycles. The molecule has 0 saturated heterocycles. The van der Waals surface area contributed by atoms with Crippen LogP contribution in [0, 0.1) is 6.92 Å². The van der Waals surface area contributed by atoms with Crippen molar-refractivity contribution in [3.05, 3.63) is 35.8 Å². The van der Waals surface area contributed by atoms with Gasteiger partial charge < -0.3 is 5.32 Å². The quantitative estimate of drug-likeness (QED) is 0.823. The Kier molecular flexibility index (Phi) is 4.85. The van der Waals surface area contributed by atoms with Gasteiger partial charge in [0.2, 0.25) is 0 Å². The zero-order valence-corrected chi connectivity index (χ0v) is 12.5. The second-order valence-electron chi connectivity index (χ2n) is 4.50. The normalized spacial score (nSPS) is 10.7. The summed E-state index contributed by atoms with van der Waals surface area (Å²) >= 11 is 1.76. The Hall–Kier alpha value is -1.49. The second-order valence-corrected chi connectivity index (χ2v) is 5.49. The summed E-state index contributed by atoms with van der Waals surface area (Å²) in [5, 5.41) is 8.90. The fourth-order valence-corrected chi connectivity index (χ4v) is 2.74. The summed E-state index contributed by atoms with van der Waals surface area (Å²) in [5.74, 6) is 0.862. The van der Waals surface area contributed by atoms with Gasteiger partial charge in [-0.05, 0) is 31.5 Å². The van der Waals surface area contributed by atoms with Crippen LogP contribution in [0.3, 0.4) is 0 Å². The minimum atomic E-state index is 0.862. The molecule has 19 heavy (non-hydrogen) atoms. The second kappa shape index (κ2) is 6.61. The van der Waals surface area contributed by atoms with Crippen LogP contribution in [-0.2, 0) is 12.8 Å². The van der Waals surface area contributed by atoms with E-state index in [9.17, 15) is 0 Å². The van der Waals surface area contributed by atoms with Gasteiger partial charge in [0.1, 0.15) is 0 Å². The lowest BCUT2D eigenvalue weighted by atomic mass is 10.3. The summed E-state index contributed by atoms with van der Waals surface area (Å²) in [4.78, 5) is 4.41. The maximum atomic E-state index is 4.41. The molecule has 0 aromatic carbocycles. The molecule has 2 rings (SSSR count). The molecule has 0 unspecified atom stereocenters. The molecule has 1 N–H and O–H groups in total. The van der Waals surface area contributed by atoms with Gasteiger partial charge in [-0.3, -0.25) is 9.67 Å². The Morgan fingerprint density at radius 2 is 2.21 bits per heavy atom. The third kappa shape index (κ3) is 3.99. The lowest BCUT2D eigenvalue weighted by Gasteiger charge is -2.06. The minimum Gasteiger partial charge on any atom is -0.385 e. The highest BCUT2D eigenvalue weighted by Gasteiger charge is 2.04. The highest BCUT2D eigenvalue weighted by molar-refractivity contribution is 7.98. The maximum Gasteiger partial charge on any atom is 0.0943 e. The third-order valence-corrected chi connectivity index (χ3v) is 3.84. The molecule has 2 aromatic heterocycles. The Morgan fingerprint density at radius 1 is 1.37 bits per heavy atom. The number of hydrogen-bond acceptors (Lipinski definition) is 4. The number of anilines is 1. The van der Waals surface area contributed by atoms with Crippen molar-refractivity contribution >= 4 is 17.4 Å². The molecular formula is C14H20N4S. The number of pyridine rings is 1. The lowest BCUT2D eigenvalue weighted by molar-refractivity contribution is 0.692. The molecular weight excluding hydrogens is 256 g/mol. The molecule has 0 aliphatic rings. The molecule has 5 heteroatoms. The molecule has 0 saturated carbocycles. The molecule has 0 radical (unpaired) electrons. The van der Waals surface area contributed by atoms with Crippen LogP contribution >= 0.6 is 11.8 Å². The van der Waals surface area contributed by atoms with E-state index in [2.05, 4.69) is 34.5 Å². The van der Waals surface area contributed by atoms with Gasteiger partial charge in [-0.25, -0.2) is 0 Å². The Morgan fingerprint density at radius 3 is 2.89 bits per heavy atom. The van der Waals surface area contributed by atoms with Crippen LogP contribution in [0.15, 0.2) is 29.4 Å². The summed E-state index contributed by atoms with van der Waals surface area (Å²) in [6.45, 7) is 5.17. The molecule has 0 atom stereocenters. The molecule has 0 spiro atoms. The van der Waals surface area contributed by atoms with E-state index in [0.29, 0.717) is 0 Å². The van der Waals surface area contributed by atoms with Crippen LogP contribution in [0.1, 0.15) is 24.7 Å². The highest BCUT2D eigenvalue weighted by Crippen LogP contribution is 2.23. The van der Waals surface area contributed by atoms with Gasteiger partial charge >= 0.3 is 0 Å². The van der Waals surface area contributed by atoms with Gasteiger partial charge in [-0.2, -0.15) is 5.10 Å². The summed E-state index contributed by atoms with van der Waals surface area (Å²) < 4.78 is 1.92. The zero-order chi connectivity index (χ0) is 13.7. The molecule has 2 heterocycles. The van der Waals surface area contributed by atoms with Crippen molar-refractivity contribution in [3.63, 3.8) is 0 Å².